The van der Waals surface area contributed by atoms with Gasteiger partial charge in [-0.3, -0.25) is 9.97 Å². The average molecular weight is 520 g/mol. The molecule has 2 aromatic rings. The summed E-state index contributed by atoms with van der Waals surface area (Å²) >= 11 is 5.25. The molecule has 3 rings (SSSR count). The molecule has 0 saturated heterocycles. The molecule has 0 bridgehead atoms. The molecular formula is C24H31BrN4O2S. The highest BCUT2D eigenvalue weighted by atomic mass is 79.9. The van der Waals surface area contributed by atoms with Crippen LogP contribution in [0.2, 0.25) is 0 Å². The van der Waals surface area contributed by atoms with E-state index in [9.17, 15) is 0 Å². The van der Waals surface area contributed by atoms with Crippen LogP contribution in [0.4, 0.5) is 0 Å². The summed E-state index contributed by atoms with van der Waals surface area (Å²) in [6, 6.07) is 8.20. The van der Waals surface area contributed by atoms with Crippen LogP contribution in [-0.2, 0) is 16.1 Å². The number of aryl methyl sites for hydroxylation is 2. The molecule has 6 nitrogen and oxygen atoms in total. The fraction of sp³-hybridized carbons (Fsp3) is 0.500. The molecule has 32 heavy (non-hydrogen) atoms. The predicted molar refractivity (Wildman–Crippen MR) is 135 cm³/mol. The maximum atomic E-state index is 5.75. The summed E-state index contributed by atoms with van der Waals surface area (Å²) in [5.74, 6) is 0. The minimum absolute atomic E-state index is 0.0169. The van der Waals surface area contributed by atoms with E-state index in [-0.39, 0.29) is 10.2 Å². The molecule has 0 N–H and O–H groups in total. The Morgan fingerprint density at radius 1 is 1.19 bits per heavy atom. The molecule has 1 atom stereocenters. The van der Waals surface area contributed by atoms with Crippen molar-refractivity contribution < 1.29 is 9.68 Å². The summed E-state index contributed by atoms with van der Waals surface area (Å²) in [6.07, 6.45) is 6.88. The molecule has 0 amide bonds. The van der Waals surface area contributed by atoms with E-state index in [1.54, 1.807) is 11.8 Å². The summed E-state index contributed by atoms with van der Waals surface area (Å²) in [6.45, 7) is 8.98. The first-order valence-corrected chi connectivity index (χ1v) is 12.9. The number of fused-ring (bicyclic) bond motifs is 1. The molecule has 1 aliphatic rings. The zero-order chi connectivity index (χ0) is 23.1. The molecular weight excluding hydrogens is 488 g/mol. The molecule has 1 unspecified atom stereocenters. The first-order chi connectivity index (χ1) is 15.3. The van der Waals surface area contributed by atoms with Crippen LogP contribution in [0.15, 0.2) is 45.7 Å². The topological polar surface area (TPSA) is 69.0 Å². The second-order valence-corrected chi connectivity index (χ2v) is 11.0. The number of pyridine rings is 2. The van der Waals surface area contributed by atoms with Gasteiger partial charge in [-0.25, -0.2) is 0 Å². The third kappa shape index (κ3) is 6.78. The monoisotopic (exact) mass is 518 g/mol. The highest BCUT2D eigenvalue weighted by Crippen LogP contribution is 2.22. The Morgan fingerprint density at radius 2 is 1.97 bits per heavy atom. The Balaban J connectivity index is 1.59. The number of alkyl halides is 1. The zero-order valence-corrected chi connectivity index (χ0v) is 21.8. The highest BCUT2D eigenvalue weighted by molar-refractivity contribution is 9.10. The van der Waals surface area contributed by atoms with E-state index in [1.807, 2.05) is 38.4 Å². The lowest BCUT2D eigenvalue weighted by molar-refractivity contribution is -0.000222. The lowest BCUT2D eigenvalue weighted by atomic mass is 9.94. The van der Waals surface area contributed by atoms with E-state index in [4.69, 9.17) is 9.68 Å². The maximum Gasteiger partial charge on any atom is 0.125 e. The summed E-state index contributed by atoms with van der Waals surface area (Å²) in [4.78, 5) is 21.8. The van der Waals surface area contributed by atoms with Crippen molar-refractivity contribution in [3.05, 3.63) is 53.1 Å². The van der Waals surface area contributed by atoms with Gasteiger partial charge in [-0.1, -0.05) is 46.2 Å². The largest absolute Gasteiger partial charge is 0.395 e. The zero-order valence-electron chi connectivity index (χ0n) is 19.4. The predicted octanol–water partition coefficient (Wildman–Crippen LogP) is 5.79. The first-order valence-electron chi connectivity index (χ1n) is 10.8. The first kappa shape index (κ1) is 24.7. The van der Waals surface area contributed by atoms with Crippen LogP contribution in [-0.4, -0.2) is 45.7 Å². The molecule has 0 spiro atoms. The van der Waals surface area contributed by atoms with E-state index in [2.05, 4.69) is 62.2 Å². The molecule has 0 saturated carbocycles. The van der Waals surface area contributed by atoms with E-state index < -0.39 is 0 Å². The van der Waals surface area contributed by atoms with Crippen LogP contribution in [0.25, 0.3) is 0 Å². The molecule has 0 aliphatic heterocycles. The van der Waals surface area contributed by atoms with E-state index >= 15 is 0 Å². The Kier molecular flexibility index (Phi) is 8.71. The van der Waals surface area contributed by atoms with Crippen LogP contribution >= 0.6 is 27.7 Å². The van der Waals surface area contributed by atoms with Crippen molar-refractivity contribution in [2.45, 2.75) is 56.7 Å². The summed E-state index contributed by atoms with van der Waals surface area (Å²) in [5.41, 5.74) is 5.45. The Morgan fingerprint density at radius 3 is 2.66 bits per heavy atom. The van der Waals surface area contributed by atoms with Crippen LogP contribution in [0, 0.1) is 12.3 Å². The van der Waals surface area contributed by atoms with Crippen molar-refractivity contribution in [1.29, 1.82) is 0 Å². The van der Waals surface area contributed by atoms with Gasteiger partial charge in [0.15, 0.2) is 0 Å². The molecule has 2 aromatic heterocycles. The van der Waals surface area contributed by atoms with Crippen molar-refractivity contribution in [1.82, 2.24) is 9.97 Å². The van der Waals surface area contributed by atoms with Crippen LogP contribution in [0.1, 0.15) is 56.3 Å². The van der Waals surface area contributed by atoms with E-state index in [0.29, 0.717) is 13.2 Å². The number of oxime groups is 2. The second-order valence-electron chi connectivity index (χ2n) is 8.74. The van der Waals surface area contributed by atoms with Gasteiger partial charge in [-0.05, 0) is 63.1 Å². The van der Waals surface area contributed by atoms with E-state index in [0.717, 1.165) is 52.7 Å². The Labute approximate surface area is 203 Å². The number of halogens is 1. The number of nitrogens with zero attached hydrogens (tertiary/aromatic N) is 4. The van der Waals surface area contributed by atoms with Crippen molar-refractivity contribution in [3.8, 4) is 0 Å². The molecule has 172 valence electrons. The van der Waals surface area contributed by atoms with Gasteiger partial charge < -0.3 is 9.68 Å². The van der Waals surface area contributed by atoms with Crippen LogP contribution in [0.5, 0.6) is 0 Å². The lowest BCUT2D eigenvalue weighted by Crippen LogP contribution is -2.25. The van der Waals surface area contributed by atoms with Gasteiger partial charge in [0.2, 0.25) is 0 Å². The molecule has 8 heteroatoms. The van der Waals surface area contributed by atoms with Gasteiger partial charge in [-0.2, -0.15) is 0 Å². The smallest absolute Gasteiger partial charge is 0.125 e. The number of thioether (sulfide) groups is 1. The van der Waals surface area contributed by atoms with Crippen molar-refractivity contribution in [2.24, 2.45) is 15.7 Å². The normalized spacial score (nSPS) is 16.6. The van der Waals surface area contributed by atoms with Gasteiger partial charge in [0.25, 0.3) is 0 Å². The van der Waals surface area contributed by atoms with Gasteiger partial charge in [0, 0.05) is 22.2 Å². The Bertz CT molecular complexity index is 974. The fourth-order valence-electron chi connectivity index (χ4n) is 3.27. The minimum atomic E-state index is -0.262. The van der Waals surface area contributed by atoms with Gasteiger partial charge in [0.1, 0.15) is 24.6 Å². The third-order valence-corrected chi connectivity index (χ3v) is 6.26. The quantitative estimate of drug-likeness (QED) is 0.181. The van der Waals surface area contributed by atoms with Gasteiger partial charge in [0.05, 0.1) is 16.2 Å². The molecule has 0 radical (unpaired) electrons. The van der Waals surface area contributed by atoms with Crippen LogP contribution < -0.4 is 0 Å². The molecule has 0 fully saturated rings. The number of aromatic nitrogens is 2. The fourth-order valence-corrected chi connectivity index (χ4v) is 3.95. The SMILES string of the molecule is CSc1ccc(C(=NOCC(C)(C)CON=C2CCCc3ccc(C)nc32)C(C)Br)nc1. The average Bonchev–Trinajstić information content (AvgIpc) is 2.77. The number of hydrogen-bond donors (Lipinski definition) is 0. The third-order valence-electron chi connectivity index (χ3n) is 5.11. The summed E-state index contributed by atoms with van der Waals surface area (Å²) < 4.78 is 0. The number of rotatable bonds is 9. The van der Waals surface area contributed by atoms with Crippen LogP contribution in [0.3, 0.4) is 0 Å². The molecule has 0 aromatic carbocycles. The highest BCUT2D eigenvalue weighted by Gasteiger charge is 2.23. The standard InChI is InChI=1S/C24H31BrN4O2S/c1-16-9-10-18-7-6-8-21(23(18)27-16)28-30-14-24(3,4)15-31-29-22(17(2)25)20-12-11-19(32-5)13-26-20/h9-13,17H,6-8,14-15H2,1-5H3. The Hall–Kier alpha value is -1.93. The van der Waals surface area contributed by atoms with Crippen molar-refractivity contribution in [3.63, 3.8) is 0 Å². The maximum absolute atomic E-state index is 5.75. The summed E-state index contributed by atoms with van der Waals surface area (Å²) in [5, 5.41) is 8.80. The second kappa shape index (κ2) is 11.3. The summed E-state index contributed by atoms with van der Waals surface area (Å²) in [7, 11) is 0. The van der Waals surface area contributed by atoms with Gasteiger partial charge >= 0.3 is 0 Å². The van der Waals surface area contributed by atoms with Crippen molar-refractivity contribution >= 4 is 39.1 Å². The minimum Gasteiger partial charge on any atom is -0.395 e. The number of hydrogen-bond acceptors (Lipinski definition) is 7. The van der Waals surface area contributed by atoms with Crippen molar-refractivity contribution in [2.75, 3.05) is 19.5 Å². The van der Waals surface area contributed by atoms with E-state index in [1.165, 1.54) is 5.56 Å². The lowest BCUT2D eigenvalue weighted by Gasteiger charge is -2.22. The van der Waals surface area contributed by atoms with Gasteiger partial charge in [-0.15, -0.1) is 11.8 Å². The molecule has 2 heterocycles. The molecule has 1 aliphatic carbocycles.